The summed E-state index contributed by atoms with van der Waals surface area (Å²) in [5.74, 6) is 0. The number of carbonyl (C=O) groups is 1. The van der Waals surface area contributed by atoms with Gasteiger partial charge in [0.25, 0.3) is 0 Å². The van der Waals surface area contributed by atoms with E-state index in [1.165, 1.54) is 0 Å². The molecular formula is C16H27N5O2S. The zero-order chi connectivity index (χ0) is 17.0. The summed E-state index contributed by atoms with van der Waals surface area (Å²) in [6, 6.07) is 0.0372. The first-order valence-corrected chi connectivity index (χ1v) is 9.44. The van der Waals surface area contributed by atoms with Gasteiger partial charge in [-0.3, -0.25) is 4.90 Å². The van der Waals surface area contributed by atoms with Crippen molar-refractivity contribution in [1.29, 1.82) is 0 Å². The molecule has 0 spiro atoms. The van der Waals surface area contributed by atoms with E-state index >= 15 is 0 Å². The number of nitrogens with zero attached hydrogens (tertiary/aromatic N) is 4. The number of hydrogen-bond donors (Lipinski definition) is 1. The Hall–Kier alpha value is -1.38. The Bertz CT molecular complexity index is 523. The van der Waals surface area contributed by atoms with E-state index in [1.54, 1.807) is 11.3 Å². The van der Waals surface area contributed by atoms with E-state index in [-0.39, 0.29) is 11.6 Å². The van der Waals surface area contributed by atoms with Gasteiger partial charge in [-0.25, -0.2) is 9.78 Å². The van der Waals surface area contributed by atoms with Crippen molar-refractivity contribution in [2.45, 2.75) is 19.4 Å². The maximum absolute atomic E-state index is 12.5. The predicted octanol–water partition coefficient (Wildman–Crippen LogP) is 1.09. The van der Waals surface area contributed by atoms with Crippen LogP contribution in [0.5, 0.6) is 0 Å². The third-order valence-corrected chi connectivity index (χ3v) is 5.63. The SMILES string of the molecule is CC(C)(CNC(=O)N1CCN(c2nccs2)CC1)N1CCOCC1. The van der Waals surface area contributed by atoms with Gasteiger partial charge in [-0.15, -0.1) is 11.3 Å². The van der Waals surface area contributed by atoms with Crippen molar-refractivity contribution in [3.8, 4) is 0 Å². The Balaban J connectivity index is 1.44. The molecule has 134 valence electrons. The molecule has 2 saturated heterocycles. The van der Waals surface area contributed by atoms with Crippen LogP contribution in [0, 0.1) is 0 Å². The monoisotopic (exact) mass is 353 g/mol. The summed E-state index contributed by atoms with van der Waals surface area (Å²) in [5.41, 5.74) is -0.0534. The Kier molecular flexibility index (Phi) is 5.57. The molecule has 2 aliphatic heterocycles. The molecule has 0 atom stereocenters. The number of anilines is 1. The third-order valence-electron chi connectivity index (χ3n) is 4.80. The van der Waals surface area contributed by atoms with Gasteiger partial charge in [0.1, 0.15) is 0 Å². The summed E-state index contributed by atoms with van der Waals surface area (Å²) in [7, 11) is 0. The van der Waals surface area contributed by atoms with Gasteiger partial charge >= 0.3 is 6.03 Å². The zero-order valence-electron chi connectivity index (χ0n) is 14.5. The zero-order valence-corrected chi connectivity index (χ0v) is 15.3. The molecule has 1 aromatic rings. The highest BCUT2D eigenvalue weighted by Crippen LogP contribution is 2.19. The standard InChI is InChI=1S/C16H27N5O2S/c1-16(2,21-8-10-23-11-9-21)13-18-14(22)19-4-6-20(7-5-19)15-17-3-12-24-15/h3,12H,4-11,13H2,1-2H3,(H,18,22). The van der Waals surface area contributed by atoms with Crippen LogP contribution in [0.1, 0.15) is 13.8 Å². The average Bonchev–Trinajstić information content (AvgIpc) is 3.15. The molecule has 2 fully saturated rings. The number of carbonyl (C=O) groups excluding carboxylic acids is 1. The van der Waals surface area contributed by atoms with Crippen molar-refractivity contribution in [1.82, 2.24) is 20.1 Å². The van der Waals surface area contributed by atoms with Crippen molar-refractivity contribution in [2.75, 3.05) is 63.9 Å². The lowest BCUT2D eigenvalue weighted by molar-refractivity contribution is -0.00905. The van der Waals surface area contributed by atoms with Crippen LogP contribution >= 0.6 is 11.3 Å². The minimum Gasteiger partial charge on any atom is -0.379 e. The lowest BCUT2D eigenvalue weighted by Crippen LogP contribution is -2.58. The second-order valence-electron chi connectivity index (χ2n) is 6.86. The fraction of sp³-hybridized carbons (Fsp3) is 0.750. The number of ether oxygens (including phenoxy) is 1. The number of nitrogens with one attached hydrogen (secondary N) is 1. The molecule has 3 heterocycles. The first kappa shape index (κ1) is 17.4. The quantitative estimate of drug-likeness (QED) is 0.878. The number of urea groups is 1. The molecule has 7 nitrogen and oxygen atoms in total. The molecule has 1 N–H and O–H groups in total. The van der Waals surface area contributed by atoms with Gasteiger partial charge in [0.2, 0.25) is 0 Å². The van der Waals surface area contributed by atoms with E-state index in [1.807, 2.05) is 16.5 Å². The van der Waals surface area contributed by atoms with E-state index in [2.05, 4.69) is 33.9 Å². The number of hydrogen-bond acceptors (Lipinski definition) is 6. The molecule has 0 saturated carbocycles. The largest absolute Gasteiger partial charge is 0.379 e. The fourth-order valence-corrected chi connectivity index (χ4v) is 3.85. The van der Waals surface area contributed by atoms with E-state index in [0.717, 1.165) is 57.6 Å². The summed E-state index contributed by atoms with van der Waals surface area (Å²) >= 11 is 1.65. The number of amides is 2. The normalized spacial score (nSPS) is 20.2. The van der Waals surface area contributed by atoms with Crippen LogP contribution in [0.3, 0.4) is 0 Å². The minimum absolute atomic E-state index is 0.0372. The molecule has 1 aromatic heterocycles. The van der Waals surface area contributed by atoms with Crippen molar-refractivity contribution in [2.24, 2.45) is 0 Å². The highest BCUT2D eigenvalue weighted by molar-refractivity contribution is 7.13. The number of piperazine rings is 1. The summed E-state index contributed by atoms with van der Waals surface area (Å²) < 4.78 is 5.41. The van der Waals surface area contributed by atoms with Gasteiger partial charge < -0.3 is 19.9 Å². The molecule has 24 heavy (non-hydrogen) atoms. The van der Waals surface area contributed by atoms with Crippen molar-refractivity contribution in [3.05, 3.63) is 11.6 Å². The van der Waals surface area contributed by atoms with Crippen molar-refractivity contribution >= 4 is 22.5 Å². The Morgan fingerprint density at radius 1 is 1.25 bits per heavy atom. The number of thiazole rings is 1. The van der Waals surface area contributed by atoms with Gasteiger partial charge in [-0.05, 0) is 13.8 Å². The molecule has 0 radical (unpaired) electrons. The molecule has 0 bridgehead atoms. The highest BCUT2D eigenvalue weighted by atomic mass is 32.1. The van der Waals surface area contributed by atoms with Gasteiger partial charge in [0.15, 0.2) is 5.13 Å². The number of aromatic nitrogens is 1. The van der Waals surface area contributed by atoms with Crippen LogP contribution < -0.4 is 10.2 Å². The molecule has 8 heteroatoms. The lowest BCUT2D eigenvalue weighted by Gasteiger charge is -2.41. The smallest absolute Gasteiger partial charge is 0.317 e. The highest BCUT2D eigenvalue weighted by Gasteiger charge is 2.30. The summed E-state index contributed by atoms with van der Waals surface area (Å²) in [5, 5.41) is 6.15. The summed E-state index contributed by atoms with van der Waals surface area (Å²) in [6.07, 6.45) is 1.83. The number of rotatable bonds is 4. The predicted molar refractivity (Wildman–Crippen MR) is 95.8 cm³/mol. The Morgan fingerprint density at radius 2 is 1.96 bits per heavy atom. The molecule has 0 unspecified atom stereocenters. The van der Waals surface area contributed by atoms with Gasteiger partial charge in [-0.1, -0.05) is 0 Å². The molecule has 3 rings (SSSR count). The van der Waals surface area contributed by atoms with E-state index < -0.39 is 0 Å². The number of morpholine rings is 1. The molecule has 0 aliphatic carbocycles. The van der Waals surface area contributed by atoms with Crippen LogP contribution in [0.15, 0.2) is 11.6 Å². The average molecular weight is 353 g/mol. The maximum atomic E-state index is 12.5. The van der Waals surface area contributed by atoms with Crippen molar-refractivity contribution < 1.29 is 9.53 Å². The molecule has 0 aromatic carbocycles. The Morgan fingerprint density at radius 3 is 2.58 bits per heavy atom. The maximum Gasteiger partial charge on any atom is 0.317 e. The second-order valence-corrected chi connectivity index (χ2v) is 7.73. The van der Waals surface area contributed by atoms with Crippen LogP contribution in [0.25, 0.3) is 0 Å². The Labute approximate surface area is 147 Å². The van der Waals surface area contributed by atoms with Crippen LogP contribution in [0.2, 0.25) is 0 Å². The summed E-state index contributed by atoms with van der Waals surface area (Å²) in [6.45, 7) is 11.6. The minimum atomic E-state index is -0.0534. The molecule has 2 amide bonds. The first-order valence-electron chi connectivity index (χ1n) is 8.56. The molecule has 2 aliphatic rings. The van der Waals surface area contributed by atoms with Crippen LogP contribution in [0.4, 0.5) is 9.93 Å². The third kappa shape index (κ3) is 4.17. The van der Waals surface area contributed by atoms with Gasteiger partial charge in [0.05, 0.1) is 13.2 Å². The van der Waals surface area contributed by atoms with Crippen LogP contribution in [-0.2, 0) is 4.74 Å². The second kappa shape index (κ2) is 7.67. The van der Waals surface area contributed by atoms with E-state index in [9.17, 15) is 4.79 Å². The van der Waals surface area contributed by atoms with E-state index in [0.29, 0.717) is 6.54 Å². The summed E-state index contributed by atoms with van der Waals surface area (Å²) in [4.78, 5) is 23.3. The fourth-order valence-electron chi connectivity index (χ4n) is 3.16. The van der Waals surface area contributed by atoms with Gasteiger partial charge in [-0.2, -0.15) is 0 Å². The van der Waals surface area contributed by atoms with Crippen molar-refractivity contribution in [3.63, 3.8) is 0 Å². The molecular weight excluding hydrogens is 326 g/mol. The van der Waals surface area contributed by atoms with Crippen LogP contribution in [-0.4, -0.2) is 85.4 Å². The first-order chi connectivity index (χ1) is 11.6. The van der Waals surface area contributed by atoms with E-state index in [4.69, 9.17) is 4.74 Å². The topological polar surface area (TPSA) is 60.9 Å². The van der Waals surface area contributed by atoms with Gasteiger partial charge in [0, 0.05) is 62.9 Å². The lowest BCUT2D eigenvalue weighted by atomic mass is 10.0.